The lowest BCUT2D eigenvalue weighted by Gasteiger charge is -2.30. The second-order valence-electron chi connectivity index (χ2n) is 3.92. The van der Waals surface area contributed by atoms with Crippen molar-refractivity contribution in [3.63, 3.8) is 0 Å². The van der Waals surface area contributed by atoms with Gasteiger partial charge < -0.3 is 15.4 Å². The largest absolute Gasteiger partial charge is 0.479 e. The van der Waals surface area contributed by atoms with Crippen LogP contribution in [-0.4, -0.2) is 19.1 Å². The maximum Gasteiger partial charge on any atom is 0.265 e. The molecular weight excluding hydrogens is 204 g/mol. The molecule has 0 unspecified atom stereocenters. The molecule has 16 heavy (non-hydrogen) atoms. The fourth-order valence-electron chi connectivity index (χ4n) is 1.70. The summed E-state index contributed by atoms with van der Waals surface area (Å²) in [6, 6.07) is 5.39. The van der Waals surface area contributed by atoms with Gasteiger partial charge in [0.2, 0.25) is 0 Å². The molecule has 0 aliphatic carbocycles. The van der Waals surface area contributed by atoms with Crippen LogP contribution in [-0.2, 0) is 4.79 Å². The first-order valence-corrected chi connectivity index (χ1v) is 5.05. The summed E-state index contributed by atoms with van der Waals surface area (Å²) in [7, 11) is 0. The van der Waals surface area contributed by atoms with Crippen molar-refractivity contribution in [2.24, 2.45) is 0 Å². The number of hydrogen-bond acceptors (Lipinski definition) is 3. The molecule has 1 aliphatic heterocycles. The minimum atomic E-state index is -0.0684. The van der Waals surface area contributed by atoms with Gasteiger partial charge in [-0.1, -0.05) is 18.2 Å². The summed E-state index contributed by atoms with van der Waals surface area (Å²) in [5.41, 5.74) is 7.99. The summed E-state index contributed by atoms with van der Waals surface area (Å²) in [6.45, 7) is 6.23. The lowest BCUT2D eigenvalue weighted by Crippen LogP contribution is -2.39. The van der Waals surface area contributed by atoms with E-state index in [0.717, 1.165) is 11.3 Å². The monoisotopic (exact) mass is 218 g/mol. The van der Waals surface area contributed by atoms with Gasteiger partial charge in [0.1, 0.15) is 0 Å². The van der Waals surface area contributed by atoms with Crippen LogP contribution in [0.5, 0.6) is 5.75 Å². The third-order valence-corrected chi connectivity index (χ3v) is 2.38. The summed E-state index contributed by atoms with van der Waals surface area (Å²) in [5.74, 6) is 0.518. The Morgan fingerprint density at radius 3 is 3.06 bits per heavy atom. The first kappa shape index (κ1) is 10.5. The van der Waals surface area contributed by atoms with Crippen molar-refractivity contribution in [3.05, 3.63) is 30.4 Å². The first-order chi connectivity index (χ1) is 7.59. The number of hydrogen-bond donors (Lipinski definition) is 1. The van der Waals surface area contributed by atoms with Crippen LogP contribution in [0.2, 0.25) is 0 Å². The number of nitrogens with zero attached hydrogens (tertiary/aromatic N) is 1. The van der Waals surface area contributed by atoms with Gasteiger partial charge in [0.25, 0.3) is 5.91 Å². The van der Waals surface area contributed by atoms with E-state index in [1.165, 1.54) is 0 Å². The number of fused-ring (bicyclic) bond motifs is 1. The molecule has 0 saturated carbocycles. The van der Waals surface area contributed by atoms with Gasteiger partial charge in [-0.15, -0.1) is 0 Å². The summed E-state index contributed by atoms with van der Waals surface area (Å²) in [5, 5.41) is 0. The number of carbonyl (C=O) groups is 1. The van der Waals surface area contributed by atoms with Crippen molar-refractivity contribution in [3.8, 4) is 5.75 Å². The lowest BCUT2D eigenvalue weighted by molar-refractivity contribution is -0.121. The van der Waals surface area contributed by atoms with Crippen LogP contribution in [0, 0.1) is 0 Å². The van der Waals surface area contributed by atoms with E-state index in [1.807, 2.05) is 19.1 Å². The summed E-state index contributed by atoms with van der Waals surface area (Å²) in [4.78, 5) is 13.4. The first-order valence-electron chi connectivity index (χ1n) is 5.05. The second kappa shape index (κ2) is 3.89. The van der Waals surface area contributed by atoms with Crippen LogP contribution in [0.1, 0.15) is 6.92 Å². The van der Waals surface area contributed by atoms with Crippen molar-refractivity contribution in [1.29, 1.82) is 0 Å². The van der Waals surface area contributed by atoms with E-state index >= 15 is 0 Å². The van der Waals surface area contributed by atoms with Crippen LogP contribution in [0.15, 0.2) is 30.4 Å². The zero-order valence-corrected chi connectivity index (χ0v) is 9.19. The highest BCUT2D eigenvalue weighted by molar-refractivity contribution is 5.99. The smallest absolute Gasteiger partial charge is 0.265 e. The minimum Gasteiger partial charge on any atom is -0.479 e. The summed E-state index contributed by atoms with van der Waals surface area (Å²) in [6.07, 6.45) is 0. The average Bonchev–Trinajstić information content (AvgIpc) is 2.22. The van der Waals surface area contributed by atoms with Gasteiger partial charge in [0.15, 0.2) is 12.4 Å². The van der Waals surface area contributed by atoms with E-state index in [0.29, 0.717) is 18.0 Å². The standard InChI is InChI=1S/C12H14N2O2/c1-8(2)6-14-10-5-3-4-9(13)12(10)16-7-11(14)15/h3-5H,1,6-7,13H2,2H3. The van der Waals surface area contributed by atoms with Crippen molar-refractivity contribution >= 4 is 17.3 Å². The molecule has 0 atom stereocenters. The fraction of sp³-hybridized carbons (Fsp3) is 0.250. The summed E-state index contributed by atoms with van der Waals surface area (Å²) < 4.78 is 5.33. The molecule has 1 amide bonds. The molecule has 1 heterocycles. The van der Waals surface area contributed by atoms with Gasteiger partial charge in [-0.3, -0.25) is 4.79 Å². The highest BCUT2D eigenvalue weighted by Gasteiger charge is 2.26. The molecule has 0 radical (unpaired) electrons. The zero-order valence-electron chi connectivity index (χ0n) is 9.19. The van der Waals surface area contributed by atoms with E-state index < -0.39 is 0 Å². The molecule has 0 aromatic heterocycles. The Bertz CT molecular complexity index is 454. The maximum absolute atomic E-state index is 11.7. The average molecular weight is 218 g/mol. The number of rotatable bonds is 2. The van der Waals surface area contributed by atoms with Gasteiger partial charge >= 0.3 is 0 Å². The Labute approximate surface area is 94.3 Å². The number of amides is 1. The van der Waals surface area contributed by atoms with Crippen LogP contribution >= 0.6 is 0 Å². The second-order valence-corrected chi connectivity index (χ2v) is 3.92. The molecule has 0 fully saturated rings. The van der Waals surface area contributed by atoms with Crippen molar-refractivity contribution in [2.45, 2.75) is 6.92 Å². The highest BCUT2D eigenvalue weighted by atomic mass is 16.5. The summed E-state index contributed by atoms with van der Waals surface area (Å²) >= 11 is 0. The van der Waals surface area contributed by atoms with E-state index in [4.69, 9.17) is 10.5 Å². The van der Waals surface area contributed by atoms with Crippen LogP contribution in [0.25, 0.3) is 0 Å². The maximum atomic E-state index is 11.7. The predicted octanol–water partition coefficient (Wildman–Crippen LogP) is 1.57. The van der Waals surface area contributed by atoms with Crippen molar-refractivity contribution < 1.29 is 9.53 Å². The number of para-hydroxylation sites is 1. The number of nitrogen functional groups attached to an aromatic ring is 1. The van der Waals surface area contributed by atoms with Gasteiger partial charge in [0, 0.05) is 6.54 Å². The molecule has 1 aromatic rings. The number of ether oxygens (including phenoxy) is 1. The van der Waals surface area contributed by atoms with Crippen molar-refractivity contribution in [2.75, 3.05) is 23.8 Å². The molecule has 1 aromatic carbocycles. The Morgan fingerprint density at radius 1 is 1.62 bits per heavy atom. The minimum absolute atomic E-state index is 0.0362. The molecule has 2 rings (SSSR count). The molecule has 0 spiro atoms. The normalized spacial score (nSPS) is 14.3. The quantitative estimate of drug-likeness (QED) is 0.605. The molecule has 0 bridgehead atoms. The molecule has 1 aliphatic rings. The molecular formula is C12H14N2O2. The van der Waals surface area contributed by atoms with Gasteiger partial charge in [-0.25, -0.2) is 0 Å². The Hall–Kier alpha value is -1.97. The Balaban J connectivity index is 2.44. The molecule has 2 N–H and O–H groups in total. The van der Waals surface area contributed by atoms with E-state index in [2.05, 4.69) is 6.58 Å². The van der Waals surface area contributed by atoms with Gasteiger partial charge in [0.05, 0.1) is 11.4 Å². The number of anilines is 2. The third-order valence-electron chi connectivity index (χ3n) is 2.38. The van der Waals surface area contributed by atoms with Gasteiger partial charge in [-0.2, -0.15) is 0 Å². The topological polar surface area (TPSA) is 55.6 Å². The van der Waals surface area contributed by atoms with E-state index in [9.17, 15) is 4.79 Å². The number of benzene rings is 1. The molecule has 0 saturated heterocycles. The Kier molecular flexibility index (Phi) is 2.56. The zero-order chi connectivity index (χ0) is 11.7. The number of nitrogens with two attached hydrogens (primary N) is 1. The Morgan fingerprint density at radius 2 is 2.38 bits per heavy atom. The van der Waals surface area contributed by atoms with E-state index in [1.54, 1.807) is 11.0 Å². The molecule has 84 valence electrons. The predicted molar refractivity (Wildman–Crippen MR) is 63.5 cm³/mol. The van der Waals surface area contributed by atoms with Crippen LogP contribution in [0.4, 0.5) is 11.4 Å². The van der Waals surface area contributed by atoms with Crippen molar-refractivity contribution in [1.82, 2.24) is 0 Å². The number of carbonyl (C=O) groups excluding carboxylic acids is 1. The molecule has 4 heteroatoms. The molecule has 4 nitrogen and oxygen atoms in total. The fourth-order valence-corrected chi connectivity index (χ4v) is 1.70. The third kappa shape index (κ3) is 1.74. The van der Waals surface area contributed by atoms with Gasteiger partial charge in [-0.05, 0) is 19.1 Å². The van der Waals surface area contributed by atoms with Crippen LogP contribution in [0.3, 0.4) is 0 Å². The lowest BCUT2D eigenvalue weighted by atomic mass is 10.2. The van der Waals surface area contributed by atoms with Crippen LogP contribution < -0.4 is 15.4 Å². The van der Waals surface area contributed by atoms with E-state index in [-0.39, 0.29) is 12.5 Å². The highest BCUT2D eigenvalue weighted by Crippen LogP contribution is 2.36. The SMILES string of the molecule is C=C(C)CN1C(=O)COc2c(N)cccc21.